The zero-order valence-corrected chi connectivity index (χ0v) is 15.4. The summed E-state index contributed by atoms with van der Waals surface area (Å²) in [5.74, 6) is 0. The van der Waals surface area contributed by atoms with E-state index >= 15 is 0 Å². The molecule has 0 amide bonds. The average molecular weight is 363 g/mol. The van der Waals surface area contributed by atoms with Gasteiger partial charge in [-0.2, -0.15) is 0 Å². The van der Waals surface area contributed by atoms with E-state index in [1.807, 2.05) is 0 Å². The molecule has 0 fully saturated rings. The Kier molecular flexibility index (Phi) is 6.46. The molecule has 0 aliphatic rings. The average Bonchev–Trinajstić information content (AvgIpc) is 2.63. The van der Waals surface area contributed by atoms with Gasteiger partial charge in [0.05, 0.1) is 7.29 Å². The van der Waals surface area contributed by atoms with E-state index in [1.54, 1.807) is 78.9 Å². The summed E-state index contributed by atoms with van der Waals surface area (Å²) in [6, 6.07) is 24.8. The Bertz CT molecular complexity index is 921. The van der Waals surface area contributed by atoms with E-state index in [0.717, 1.165) is 0 Å². The minimum atomic E-state index is -4.05. The van der Waals surface area contributed by atoms with Crippen molar-refractivity contribution < 1.29 is 31.8 Å². The van der Waals surface area contributed by atoms with E-state index in [4.69, 9.17) is 0 Å². The number of nitrogens with zero attached hydrogens (tertiary/aromatic N) is 1. The molecule has 4 nitrogen and oxygen atoms in total. The molecule has 25 heavy (non-hydrogen) atoms. The van der Waals surface area contributed by atoms with Crippen molar-refractivity contribution in [1.29, 1.82) is 0 Å². The molecule has 0 atom stereocenters. The zero-order chi connectivity index (χ0) is 17.0. The van der Waals surface area contributed by atoms with Gasteiger partial charge >= 0.3 is 18.9 Å². The molecule has 0 heterocycles. The molecule has 0 N–H and O–H groups in total. The third kappa shape index (κ3) is 4.33. The van der Waals surface area contributed by atoms with Crippen LogP contribution in [0.3, 0.4) is 0 Å². The topological polar surface area (TPSA) is 65.3 Å². The van der Waals surface area contributed by atoms with Gasteiger partial charge in [0.15, 0.2) is 0 Å². The summed E-state index contributed by atoms with van der Waals surface area (Å²) < 4.78 is 42.8. The first kappa shape index (κ1) is 19.7. The molecule has 0 aliphatic heterocycles. The van der Waals surface area contributed by atoms with Crippen LogP contribution in [0.2, 0.25) is 0 Å². The van der Waals surface area contributed by atoms with Gasteiger partial charge in [0.25, 0.3) is 0 Å². The normalized spacial score (nSPS) is 11.5. The molecular formula is C18H15LiNO3PS. The molecule has 3 aromatic rings. The van der Waals surface area contributed by atoms with Crippen molar-refractivity contribution in [2.24, 2.45) is 0 Å². The number of hydrogen-bond donors (Lipinski definition) is 0. The second-order valence-corrected chi connectivity index (χ2v) is 9.38. The molecule has 0 spiro atoms. The smallest absolute Gasteiger partial charge is 0.478 e. The minimum Gasteiger partial charge on any atom is -0.478 e. The van der Waals surface area contributed by atoms with Crippen molar-refractivity contribution in [2.75, 3.05) is 0 Å². The van der Waals surface area contributed by atoms with Crippen LogP contribution in [0.4, 0.5) is 0 Å². The Balaban J connectivity index is 0.00000225. The van der Waals surface area contributed by atoms with Crippen molar-refractivity contribution in [3.63, 3.8) is 0 Å². The first-order chi connectivity index (χ1) is 11.5. The van der Waals surface area contributed by atoms with E-state index < -0.39 is 17.3 Å². The van der Waals surface area contributed by atoms with Crippen LogP contribution >= 0.6 is 7.29 Å². The molecular weight excluding hydrogens is 348 g/mol. The first-order valence-electron chi connectivity index (χ1n) is 7.28. The van der Waals surface area contributed by atoms with E-state index in [-0.39, 0.29) is 23.8 Å². The fourth-order valence-corrected chi connectivity index (χ4v) is 6.59. The van der Waals surface area contributed by atoms with Gasteiger partial charge in [0.2, 0.25) is 0 Å². The van der Waals surface area contributed by atoms with Crippen molar-refractivity contribution >= 4 is 27.9 Å². The van der Waals surface area contributed by atoms with Crippen LogP contribution in [-0.2, 0) is 14.6 Å². The third-order valence-electron chi connectivity index (χ3n) is 3.48. The Labute approximate surface area is 159 Å². The van der Waals surface area contributed by atoms with Gasteiger partial charge in [-0.05, 0) is 22.7 Å². The Morgan fingerprint density at radius 3 is 1.40 bits per heavy atom. The number of rotatable bonds is 5. The summed E-state index contributed by atoms with van der Waals surface area (Å²) in [6.45, 7) is 0. The van der Waals surface area contributed by atoms with Gasteiger partial charge in [-0.3, -0.25) is 0 Å². The van der Waals surface area contributed by atoms with Gasteiger partial charge in [0, 0.05) is 4.90 Å². The van der Waals surface area contributed by atoms with Gasteiger partial charge in [0.1, 0.15) is 10.0 Å². The van der Waals surface area contributed by atoms with Crippen LogP contribution < -0.4 is 29.5 Å². The Morgan fingerprint density at radius 1 is 0.640 bits per heavy atom. The SMILES string of the molecule is O=P([N-]S(=O)(=O)c1ccccc1)(c1ccccc1)c1ccccc1.[Li+]. The van der Waals surface area contributed by atoms with Crippen molar-refractivity contribution in [2.45, 2.75) is 4.90 Å². The number of sulfonamides is 1. The molecule has 0 radical (unpaired) electrons. The summed E-state index contributed by atoms with van der Waals surface area (Å²) in [4.78, 5) is 0.0251. The predicted octanol–water partition coefficient (Wildman–Crippen LogP) is 0.682. The Morgan fingerprint density at radius 2 is 1.00 bits per heavy atom. The van der Waals surface area contributed by atoms with Crippen molar-refractivity contribution in [3.05, 3.63) is 95.5 Å². The van der Waals surface area contributed by atoms with Gasteiger partial charge < -0.3 is 9.06 Å². The number of benzene rings is 3. The van der Waals surface area contributed by atoms with Crippen molar-refractivity contribution in [3.8, 4) is 0 Å². The summed E-state index contributed by atoms with van der Waals surface area (Å²) in [6.07, 6.45) is 0. The maximum Gasteiger partial charge on any atom is 1.00 e. The fourth-order valence-electron chi connectivity index (χ4n) is 2.29. The Hall–Kier alpha value is -1.60. The molecule has 0 aromatic heterocycles. The number of hydrogen-bond acceptors (Lipinski definition) is 3. The maximum atomic E-state index is 13.7. The van der Waals surface area contributed by atoms with Gasteiger partial charge in [-0.1, -0.05) is 78.9 Å². The summed E-state index contributed by atoms with van der Waals surface area (Å²) in [7, 11) is -7.73. The van der Waals surface area contributed by atoms with Gasteiger partial charge in [-0.15, -0.1) is 0 Å². The monoisotopic (exact) mass is 363 g/mol. The molecule has 0 aliphatic carbocycles. The van der Waals surface area contributed by atoms with E-state index in [1.165, 1.54) is 12.1 Å². The summed E-state index contributed by atoms with van der Waals surface area (Å²) in [5.41, 5.74) is 0. The summed E-state index contributed by atoms with van der Waals surface area (Å²) >= 11 is 0. The van der Waals surface area contributed by atoms with Gasteiger partial charge in [-0.25, -0.2) is 8.42 Å². The van der Waals surface area contributed by atoms with E-state index in [0.29, 0.717) is 10.6 Å². The maximum absolute atomic E-state index is 13.7. The fraction of sp³-hybridized carbons (Fsp3) is 0. The van der Waals surface area contributed by atoms with Crippen LogP contribution in [0, 0.1) is 0 Å². The van der Waals surface area contributed by atoms with Crippen LogP contribution in [-0.4, -0.2) is 8.42 Å². The molecule has 0 unspecified atom stereocenters. The molecule has 7 heteroatoms. The largest absolute Gasteiger partial charge is 1.00 e. The quantitative estimate of drug-likeness (QED) is 0.495. The van der Waals surface area contributed by atoms with Crippen LogP contribution in [0.1, 0.15) is 0 Å². The van der Waals surface area contributed by atoms with Crippen LogP contribution in [0.5, 0.6) is 0 Å². The van der Waals surface area contributed by atoms with E-state index in [9.17, 15) is 13.0 Å². The molecule has 122 valence electrons. The van der Waals surface area contributed by atoms with E-state index in [2.05, 4.69) is 4.49 Å². The van der Waals surface area contributed by atoms with Crippen LogP contribution in [0.15, 0.2) is 95.9 Å². The molecule has 0 saturated carbocycles. The summed E-state index contributed by atoms with van der Waals surface area (Å²) in [5, 5.41) is 0.770. The standard InChI is InChI=1S/C18H15NO3PS.Li/c20-23(16-10-4-1-5-11-16,17-12-6-2-7-13-17)19-24(21,22)18-14-8-3-9-15-18;/h1-15H;/q-1;+1. The van der Waals surface area contributed by atoms with Crippen molar-refractivity contribution in [1.82, 2.24) is 0 Å². The third-order valence-corrected chi connectivity index (χ3v) is 8.12. The molecule has 0 saturated heterocycles. The minimum absolute atomic E-state index is 0. The zero-order valence-electron chi connectivity index (χ0n) is 13.7. The molecule has 3 aromatic carbocycles. The van der Waals surface area contributed by atoms with Crippen LogP contribution in [0.25, 0.3) is 4.49 Å². The first-order valence-corrected chi connectivity index (χ1v) is 10.4. The second kappa shape index (κ2) is 8.18. The predicted molar refractivity (Wildman–Crippen MR) is 96.7 cm³/mol. The molecule has 0 bridgehead atoms. The second-order valence-electron chi connectivity index (χ2n) is 5.12. The molecule has 3 rings (SSSR count).